The second-order valence-corrected chi connectivity index (χ2v) is 5.94. The average Bonchev–Trinajstić information content (AvgIpc) is 2.39. The molecule has 1 aromatic rings. The third-order valence-electron chi connectivity index (χ3n) is 3.36. The minimum absolute atomic E-state index is 0.412. The summed E-state index contributed by atoms with van der Waals surface area (Å²) in [6.45, 7) is 8.45. The lowest BCUT2D eigenvalue weighted by atomic mass is 10.1. The minimum Gasteiger partial charge on any atom is -0.389 e. The molecule has 0 saturated heterocycles. The number of hydrogen-bond donors (Lipinski definition) is 1. The monoisotopic (exact) mass is 327 g/mol. The Kier molecular flexibility index (Phi) is 7.47. The molecule has 0 radical (unpaired) electrons. The summed E-state index contributed by atoms with van der Waals surface area (Å²) < 4.78 is 1.08. The van der Waals surface area contributed by atoms with E-state index in [4.69, 9.17) is 0 Å². The molecule has 0 amide bonds. The van der Waals surface area contributed by atoms with Crippen molar-refractivity contribution in [2.75, 3.05) is 18.0 Å². The quantitative estimate of drug-likeness (QED) is 0.733. The van der Waals surface area contributed by atoms with Gasteiger partial charge >= 0.3 is 0 Å². The Morgan fingerprint density at radius 2 is 1.74 bits per heavy atom. The molecular formula is C16H26BrNO. The fourth-order valence-electron chi connectivity index (χ4n) is 2.09. The van der Waals surface area contributed by atoms with Gasteiger partial charge in [0.05, 0.1) is 11.8 Å². The second kappa shape index (κ2) is 8.60. The van der Waals surface area contributed by atoms with Gasteiger partial charge in [-0.25, -0.2) is 0 Å². The van der Waals surface area contributed by atoms with E-state index >= 15 is 0 Å². The highest BCUT2D eigenvalue weighted by molar-refractivity contribution is 9.10. The molecule has 1 atom stereocenters. The molecule has 1 N–H and O–H groups in total. The van der Waals surface area contributed by atoms with Gasteiger partial charge in [0.15, 0.2) is 0 Å². The van der Waals surface area contributed by atoms with Crippen LogP contribution in [0.4, 0.5) is 5.69 Å². The lowest BCUT2D eigenvalue weighted by molar-refractivity contribution is 0.199. The summed E-state index contributed by atoms with van der Waals surface area (Å²) in [7, 11) is 0. The number of anilines is 1. The fourth-order valence-corrected chi connectivity index (χ4v) is 2.74. The smallest absolute Gasteiger partial charge is 0.0762 e. The second-order valence-electron chi connectivity index (χ2n) is 5.08. The van der Waals surface area contributed by atoms with Gasteiger partial charge in [-0.3, -0.25) is 0 Å². The van der Waals surface area contributed by atoms with Crippen LogP contribution in [0.15, 0.2) is 22.7 Å². The van der Waals surface area contributed by atoms with Gasteiger partial charge in [-0.15, -0.1) is 0 Å². The lowest BCUT2D eigenvalue weighted by Crippen LogP contribution is -2.26. The number of nitrogens with zero attached hydrogens (tertiary/aromatic N) is 1. The van der Waals surface area contributed by atoms with Gasteiger partial charge in [0, 0.05) is 17.6 Å². The summed E-state index contributed by atoms with van der Waals surface area (Å²) in [6.07, 6.45) is 4.45. The predicted octanol–water partition coefficient (Wildman–Crippen LogP) is 4.91. The first-order valence-corrected chi connectivity index (χ1v) is 8.11. The topological polar surface area (TPSA) is 23.5 Å². The normalized spacial score (nSPS) is 12.5. The van der Waals surface area contributed by atoms with E-state index < -0.39 is 6.10 Å². The number of unbranched alkanes of at least 4 members (excludes halogenated alkanes) is 2. The van der Waals surface area contributed by atoms with Crippen LogP contribution >= 0.6 is 15.9 Å². The molecule has 2 nitrogen and oxygen atoms in total. The standard InChI is InChI=1S/C16H26BrNO/c1-4-6-10-18(11-7-5-2)16-9-8-14(13(3)19)12-15(16)17/h8-9,12-13,19H,4-7,10-11H2,1-3H3/t13-/m0/s1. The summed E-state index contributed by atoms with van der Waals surface area (Å²) in [5.41, 5.74) is 2.20. The van der Waals surface area contributed by atoms with Crippen molar-refractivity contribution in [1.29, 1.82) is 0 Å². The van der Waals surface area contributed by atoms with Crippen molar-refractivity contribution in [2.45, 2.75) is 52.6 Å². The van der Waals surface area contributed by atoms with Crippen molar-refractivity contribution in [3.63, 3.8) is 0 Å². The van der Waals surface area contributed by atoms with E-state index in [2.05, 4.69) is 40.7 Å². The first-order valence-electron chi connectivity index (χ1n) is 7.32. The number of hydrogen-bond acceptors (Lipinski definition) is 2. The van der Waals surface area contributed by atoms with Crippen LogP contribution in [0.1, 0.15) is 58.1 Å². The molecule has 0 fully saturated rings. The van der Waals surface area contributed by atoms with Crippen molar-refractivity contribution in [3.8, 4) is 0 Å². The maximum Gasteiger partial charge on any atom is 0.0762 e. The SMILES string of the molecule is CCCCN(CCCC)c1ccc([C@H](C)O)cc1Br. The van der Waals surface area contributed by atoms with Gasteiger partial charge in [0.2, 0.25) is 0 Å². The van der Waals surface area contributed by atoms with Gasteiger partial charge in [-0.05, 0) is 53.4 Å². The molecule has 108 valence electrons. The number of rotatable bonds is 8. The van der Waals surface area contributed by atoms with E-state index in [-0.39, 0.29) is 0 Å². The van der Waals surface area contributed by atoms with Gasteiger partial charge in [-0.1, -0.05) is 32.8 Å². The summed E-state index contributed by atoms with van der Waals surface area (Å²) in [5, 5.41) is 9.63. The zero-order valence-electron chi connectivity index (χ0n) is 12.3. The van der Waals surface area contributed by atoms with Crippen LogP contribution in [0.3, 0.4) is 0 Å². The van der Waals surface area contributed by atoms with Crippen molar-refractivity contribution >= 4 is 21.6 Å². The summed E-state index contributed by atoms with van der Waals surface area (Å²) in [5.74, 6) is 0. The Balaban J connectivity index is 2.87. The molecule has 3 heteroatoms. The molecule has 0 spiro atoms. The Hall–Kier alpha value is -0.540. The van der Waals surface area contributed by atoms with Crippen molar-refractivity contribution in [3.05, 3.63) is 28.2 Å². The Bertz CT molecular complexity index is 371. The molecule has 0 aliphatic heterocycles. The minimum atomic E-state index is -0.412. The lowest BCUT2D eigenvalue weighted by Gasteiger charge is -2.26. The van der Waals surface area contributed by atoms with Crippen LogP contribution in [0.25, 0.3) is 0 Å². The molecular weight excluding hydrogens is 302 g/mol. The molecule has 19 heavy (non-hydrogen) atoms. The van der Waals surface area contributed by atoms with Crippen molar-refractivity contribution in [1.82, 2.24) is 0 Å². The van der Waals surface area contributed by atoms with Crippen LogP contribution in [0.2, 0.25) is 0 Å². The van der Waals surface area contributed by atoms with E-state index in [9.17, 15) is 5.11 Å². The Morgan fingerprint density at radius 3 is 2.16 bits per heavy atom. The molecule has 0 aromatic heterocycles. The van der Waals surface area contributed by atoms with Crippen LogP contribution < -0.4 is 4.90 Å². The summed E-state index contributed by atoms with van der Waals surface area (Å²) in [6, 6.07) is 6.18. The number of aliphatic hydroxyl groups is 1. The maximum atomic E-state index is 9.63. The van der Waals surface area contributed by atoms with Crippen LogP contribution in [0.5, 0.6) is 0 Å². The van der Waals surface area contributed by atoms with E-state index in [1.165, 1.54) is 31.4 Å². The number of halogens is 1. The zero-order chi connectivity index (χ0) is 14.3. The average molecular weight is 328 g/mol. The molecule has 0 aliphatic rings. The van der Waals surface area contributed by atoms with Gasteiger partial charge in [-0.2, -0.15) is 0 Å². The number of benzene rings is 1. The summed E-state index contributed by atoms with van der Waals surface area (Å²) >= 11 is 3.65. The van der Waals surface area contributed by atoms with Crippen LogP contribution in [0, 0.1) is 0 Å². The maximum absolute atomic E-state index is 9.63. The first kappa shape index (κ1) is 16.5. The molecule has 0 bridgehead atoms. The molecule has 1 aromatic carbocycles. The summed E-state index contributed by atoms with van der Waals surface area (Å²) in [4.78, 5) is 2.45. The molecule has 1 rings (SSSR count). The molecule has 0 heterocycles. The zero-order valence-corrected chi connectivity index (χ0v) is 13.9. The largest absolute Gasteiger partial charge is 0.389 e. The van der Waals surface area contributed by atoms with Gasteiger partial charge in [0.1, 0.15) is 0 Å². The first-order chi connectivity index (χ1) is 9.10. The highest BCUT2D eigenvalue weighted by Crippen LogP contribution is 2.30. The van der Waals surface area contributed by atoms with Gasteiger partial charge < -0.3 is 10.0 Å². The van der Waals surface area contributed by atoms with Crippen LogP contribution in [-0.2, 0) is 0 Å². The third-order valence-corrected chi connectivity index (χ3v) is 3.99. The van der Waals surface area contributed by atoms with Crippen LogP contribution in [-0.4, -0.2) is 18.2 Å². The molecule has 0 saturated carbocycles. The van der Waals surface area contributed by atoms with E-state index in [0.29, 0.717) is 0 Å². The third kappa shape index (κ3) is 5.15. The van der Waals surface area contributed by atoms with Crippen molar-refractivity contribution in [2.24, 2.45) is 0 Å². The van der Waals surface area contributed by atoms with E-state index in [1.54, 1.807) is 6.92 Å². The highest BCUT2D eigenvalue weighted by atomic mass is 79.9. The predicted molar refractivity (Wildman–Crippen MR) is 86.8 cm³/mol. The van der Waals surface area contributed by atoms with E-state index in [1.807, 2.05) is 12.1 Å². The van der Waals surface area contributed by atoms with Gasteiger partial charge in [0.25, 0.3) is 0 Å². The number of aliphatic hydroxyl groups excluding tert-OH is 1. The highest BCUT2D eigenvalue weighted by Gasteiger charge is 2.11. The Morgan fingerprint density at radius 1 is 1.16 bits per heavy atom. The molecule has 0 aliphatic carbocycles. The van der Waals surface area contributed by atoms with E-state index in [0.717, 1.165) is 23.1 Å². The fraction of sp³-hybridized carbons (Fsp3) is 0.625. The Labute approximate surface area is 126 Å². The van der Waals surface area contributed by atoms with Crippen molar-refractivity contribution < 1.29 is 5.11 Å². The molecule has 0 unspecified atom stereocenters.